The molecule has 3 heterocycles. The Labute approximate surface area is 222 Å². The molecule has 1 aliphatic heterocycles. The molecule has 2 N–H and O–H groups in total. The summed E-state index contributed by atoms with van der Waals surface area (Å²) in [5, 5.41) is 5.66. The van der Waals surface area contributed by atoms with E-state index in [1.54, 1.807) is 6.08 Å². The number of carbonyl (C=O) groups excluding carboxylic acids is 1. The molecule has 0 aliphatic carbocycles. The number of likely N-dealkylation sites (N-methyl/N-ethyl adjacent to an activating group) is 1. The molecule has 1 saturated heterocycles. The molecule has 5 rings (SSSR count). The number of nitrogens with two attached hydrogens (primary N) is 1. The fourth-order valence-electron chi connectivity index (χ4n) is 4.54. The Bertz CT molecular complexity index is 1430. The highest BCUT2D eigenvalue weighted by Gasteiger charge is 2.30. The molecule has 0 spiro atoms. The molecule has 1 fully saturated rings. The van der Waals surface area contributed by atoms with Gasteiger partial charge in [-0.1, -0.05) is 24.3 Å². The van der Waals surface area contributed by atoms with Crippen molar-refractivity contribution in [3.8, 4) is 22.8 Å². The number of hydrogen-bond acceptors (Lipinski definition) is 7. The third-order valence-corrected chi connectivity index (χ3v) is 6.98. The van der Waals surface area contributed by atoms with E-state index in [4.69, 9.17) is 15.6 Å². The molecular weight excluding hydrogens is 478 g/mol. The number of fused-ring (bicyclic) bond motifs is 1. The van der Waals surface area contributed by atoms with Gasteiger partial charge in [0.25, 0.3) is 0 Å². The number of hydrogen-bond donors (Lipinski definition) is 1. The quantitative estimate of drug-likeness (QED) is 0.347. The second-order valence-corrected chi connectivity index (χ2v) is 9.85. The smallest absolute Gasteiger partial charge is 0.246 e. The van der Waals surface area contributed by atoms with E-state index in [-0.39, 0.29) is 11.9 Å². The van der Waals surface area contributed by atoms with Gasteiger partial charge in [-0.15, -0.1) is 0 Å². The summed E-state index contributed by atoms with van der Waals surface area (Å²) in [4.78, 5) is 25.6. The Hall–Kier alpha value is -4.24. The summed E-state index contributed by atoms with van der Waals surface area (Å²) in [5.41, 5.74) is 8.58. The van der Waals surface area contributed by atoms with Gasteiger partial charge in [-0.3, -0.25) is 4.79 Å². The van der Waals surface area contributed by atoms with Gasteiger partial charge in [0.2, 0.25) is 5.91 Å². The largest absolute Gasteiger partial charge is 0.457 e. The number of para-hydroxylation sites is 1. The SMILES string of the molecule is CC(C)N(C)CC=CC(=O)N1CC[C@@H](n2nc(-c3ccc(Oc4ccccc4)cc3)c3c(N)ncnc32)C1. The van der Waals surface area contributed by atoms with Crippen LogP contribution in [-0.4, -0.2) is 68.2 Å². The average Bonchev–Trinajstić information content (AvgIpc) is 3.56. The molecule has 1 amide bonds. The highest BCUT2D eigenvalue weighted by molar-refractivity contribution is 5.98. The van der Waals surface area contributed by atoms with Gasteiger partial charge in [-0.25, -0.2) is 14.6 Å². The van der Waals surface area contributed by atoms with Crippen molar-refractivity contribution < 1.29 is 9.53 Å². The summed E-state index contributed by atoms with van der Waals surface area (Å²) in [6.07, 6.45) is 5.85. The standard InChI is InChI=1S/C29H33N7O2/c1-20(2)34(3)16-7-10-25(37)35-17-15-22(18-35)36-29-26(28(30)31-19-32-29)27(33-36)21-11-13-24(14-12-21)38-23-8-5-4-6-9-23/h4-14,19-20,22H,15-18H2,1-3H3,(H2,30,31,32)/t22-/m1/s1. The summed E-state index contributed by atoms with van der Waals surface area (Å²) >= 11 is 0. The van der Waals surface area contributed by atoms with Crippen LogP contribution in [-0.2, 0) is 4.79 Å². The van der Waals surface area contributed by atoms with E-state index in [2.05, 4.69) is 28.7 Å². The van der Waals surface area contributed by atoms with Crippen LogP contribution >= 0.6 is 0 Å². The molecule has 196 valence electrons. The van der Waals surface area contributed by atoms with Gasteiger partial charge in [0, 0.05) is 37.3 Å². The Morgan fingerprint density at radius 3 is 2.61 bits per heavy atom. The van der Waals surface area contributed by atoms with Gasteiger partial charge in [-0.2, -0.15) is 5.10 Å². The van der Waals surface area contributed by atoms with Crippen molar-refractivity contribution in [3.05, 3.63) is 73.1 Å². The number of nitrogen functional groups attached to an aromatic ring is 1. The van der Waals surface area contributed by atoms with E-state index in [1.807, 2.05) is 77.3 Å². The zero-order valence-electron chi connectivity index (χ0n) is 22.0. The summed E-state index contributed by atoms with van der Waals surface area (Å²) in [7, 11) is 2.04. The van der Waals surface area contributed by atoms with Crippen LogP contribution < -0.4 is 10.5 Å². The number of benzene rings is 2. The van der Waals surface area contributed by atoms with E-state index in [9.17, 15) is 4.79 Å². The van der Waals surface area contributed by atoms with Crippen molar-refractivity contribution in [1.82, 2.24) is 29.5 Å². The van der Waals surface area contributed by atoms with Gasteiger partial charge in [0.1, 0.15) is 29.3 Å². The highest BCUT2D eigenvalue weighted by Crippen LogP contribution is 2.35. The minimum Gasteiger partial charge on any atom is -0.457 e. The van der Waals surface area contributed by atoms with Crippen LogP contribution in [0.4, 0.5) is 5.82 Å². The maximum Gasteiger partial charge on any atom is 0.246 e. The zero-order chi connectivity index (χ0) is 26.6. The Balaban J connectivity index is 1.36. The van der Waals surface area contributed by atoms with Crippen LogP contribution in [0.25, 0.3) is 22.3 Å². The summed E-state index contributed by atoms with van der Waals surface area (Å²) in [6, 6.07) is 17.8. The topological polar surface area (TPSA) is 102 Å². The first kappa shape index (κ1) is 25.4. The maximum absolute atomic E-state index is 12.8. The zero-order valence-corrected chi connectivity index (χ0v) is 22.0. The van der Waals surface area contributed by atoms with Gasteiger partial charge >= 0.3 is 0 Å². The second-order valence-electron chi connectivity index (χ2n) is 9.85. The molecule has 1 atom stereocenters. The molecule has 1 aliphatic rings. The van der Waals surface area contributed by atoms with Crippen molar-refractivity contribution in [2.75, 3.05) is 32.4 Å². The number of ether oxygens (including phenoxy) is 1. The Morgan fingerprint density at radius 2 is 1.87 bits per heavy atom. The lowest BCUT2D eigenvalue weighted by atomic mass is 10.1. The molecular formula is C29H33N7O2. The number of carbonyl (C=O) groups is 1. The van der Waals surface area contributed by atoms with Crippen LogP contribution in [0.3, 0.4) is 0 Å². The number of rotatable bonds is 8. The average molecular weight is 512 g/mol. The van der Waals surface area contributed by atoms with Gasteiger partial charge in [-0.05, 0) is 63.7 Å². The number of nitrogens with zero attached hydrogens (tertiary/aromatic N) is 6. The molecule has 0 radical (unpaired) electrons. The molecule has 4 aromatic rings. The van der Waals surface area contributed by atoms with Crippen LogP contribution in [0, 0.1) is 0 Å². The normalized spacial score (nSPS) is 15.8. The van der Waals surface area contributed by atoms with Crippen LogP contribution in [0.2, 0.25) is 0 Å². The first-order valence-corrected chi connectivity index (χ1v) is 12.9. The first-order valence-electron chi connectivity index (χ1n) is 12.9. The van der Waals surface area contributed by atoms with E-state index < -0.39 is 0 Å². The fraction of sp³-hybridized carbons (Fsp3) is 0.310. The van der Waals surface area contributed by atoms with E-state index in [1.165, 1.54) is 6.33 Å². The third kappa shape index (κ3) is 5.38. The first-order chi connectivity index (χ1) is 18.4. The lowest BCUT2D eigenvalue weighted by molar-refractivity contribution is -0.125. The Morgan fingerprint density at radius 1 is 1.13 bits per heavy atom. The maximum atomic E-state index is 12.8. The van der Waals surface area contributed by atoms with Crippen LogP contribution in [0.1, 0.15) is 26.3 Å². The number of likely N-dealkylation sites (tertiary alicyclic amines) is 1. The van der Waals surface area contributed by atoms with Crippen molar-refractivity contribution in [2.45, 2.75) is 32.4 Å². The second kappa shape index (κ2) is 11.0. The van der Waals surface area contributed by atoms with Crippen molar-refractivity contribution in [2.24, 2.45) is 0 Å². The lowest BCUT2D eigenvalue weighted by Crippen LogP contribution is -2.29. The number of anilines is 1. The molecule has 9 heteroatoms. The highest BCUT2D eigenvalue weighted by atomic mass is 16.5. The Kier molecular flexibility index (Phi) is 7.37. The lowest BCUT2D eigenvalue weighted by Gasteiger charge is -2.19. The van der Waals surface area contributed by atoms with Crippen molar-refractivity contribution >= 4 is 22.8 Å². The van der Waals surface area contributed by atoms with E-state index in [0.29, 0.717) is 41.7 Å². The summed E-state index contributed by atoms with van der Waals surface area (Å²) in [5.74, 6) is 1.90. The van der Waals surface area contributed by atoms with E-state index in [0.717, 1.165) is 30.0 Å². The molecule has 38 heavy (non-hydrogen) atoms. The van der Waals surface area contributed by atoms with E-state index >= 15 is 0 Å². The molecule has 2 aromatic heterocycles. The van der Waals surface area contributed by atoms with Crippen LogP contribution in [0.15, 0.2) is 73.1 Å². The minimum absolute atomic E-state index is 0.00285. The predicted molar refractivity (Wildman–Crippen MR) is 149 cm³/mol. The predicted octanol–water partition coefficient (Wildman–Crippen LogP) is 4.54. The summed E-state index contributed by atoms with van der Waals surface area (Å²) in [6.45, 7) is 6.22. The minimum atomic E-state index is -0.00285. The van der Waals surface area contributed by atoms with Crippen molar-refractivity contribution in [3.63, 3.8) is 0 Å². The molecule has 9 nitrogen and oxygen atoms in total. The van der Waals surface area contributed by atoms with Crippen molar-refractivity contribution in [1.29, 1.82) is 0 Å². The van der Waals surface area contributed by atoms with Gasteiger partial charge in [0.15, 0.2) is 5.65 Å². The monoisotopic (exact) mass is 511 g/mol. The molecule has 2 aromatic carbocycles. The van der Waals surface area contributed by atoms with Gasteiger partial charge in [0.05, 0.1) is 11.4 Å². The molecule has 0 unspecified atom stereocenters. The van der Waals surface area contributed by atoms with Crippen LogP contribution in [0.5, 0.6) is 11.5 Å². The fourth-order valence-corrected chi connectivity index (χ4v) is 4.54. The number of aromatic nitrogens is 4. The number of amides is 1. The third-order valence-electron chi connectivity index (χ3n) is 6.98. The summed E-state index contributed by atoms with van der Waals surface area (Å²) < 4.78 is 7.84. The molecule has 0 saturated carbocycles. The molecule has 0 bridgehead atoms. The van der Waals surface area contributed by atoms with Gasteiger partial charge < -0.3 is 20.3 Å².